The molecule has 5 aromatic rings. The number of pyridine rings is 2. The molecule has 0 saturated heterocycles. The van der Waals surface area contributed by atoms with Crippen molar-refractivity contribution in [2.45, 2.75) is 24.8 Å². The molecule has 0 radical (unpaired) electrons. The number of carbonyl (C=O) groups is 1. The van der Waals surface area contributed by atoms with Crippen LogP contribution in [0, 0.1) is 0 Å². The van der Waals surface area contributed by atoms with Gasteiger partial charge < -0.3 is 15.6 Å². The third kappa shape index (κ3) is 3.60. The number of amides is 1. The first-order valence-electron chi connectivity index (χ1n) is 10.6. The first kappa shape index (κ1) is 20.2. The molecule has 6 rings (SSSR count). The number of aromatic amines is 1. The Morgan fingerprint density at radius 2 is 2.00 bits per heavy atom. The van der Waals surface area contributed by atoms with Crippen molar-refractivity contribution in [3.63, 3.8) is 0 Å². The lowest BCUT2D eigenvalue weighted by atomic mass is 9.88. The molecule has 0 spiro atoms. The molecule has 34 heavy (non-hydrogen) atoms. The van der Waals surface area contributed by atoms with Crippen molar-refractivity contribution in [2.75, 3.05) is 5.32 Å². The molecular weight excluding hydrogens is 442 g/mol. The molecule has 5 heterocycles. The molecule has 11 heteroatoms. The molecule has 1 fully saturated rings. The predicted molar refractivity (Wildman–Crippen MR) is 121 cm³/mol. The van der Waals surface area contributed by atoms with E-state index in [4.69, 9.17) is 0 Å². The highest BCUT2D eigenvalue weighted by atomic mass is 19.3. The van der Waals surface area contributed by atoms with Gasteiger partial charge in [0.2, 0.25) is 5.95 Å². The summed E-state index contributed by atoms with van der Waals surface area (Å²) in [5.41, 5.74) is 4.08. The SMILES string of the molecule is O=C(NC1CC(F)(F)C1)c1cnn2ccc(-c3c[nH]c4nc(Nc5ccncc5)ncc34)cc12. The quantitative estimate of drug-likeness (QED) is 0.366. The Balaban J connectivity index is 1.29. The van der Waals surface area contributed by atoms with Crippen LogP contribution in [-0.2, 0) is 0 Å². The molecule has 9 nitrogen and oxygen atoms in total. The van der Waals surface area contributed by atoms with Gasteiger partial charge in [-0.15, -0.1) is 0 Å². The maximum absolute atomic E-state index is 13.1. The molecule has 0 aliphatic heterocycles. The number of anilines is 2. The molecule has 1 aliphatic rings. The Bertz CT molecular complexity index is 1520. The summed E-state index contributed by atoms with van der Waals surface area (Å²) in [5.74, 6) is -2.67. The standard InChI is InChI=1S/C23H18F2N8O/c24-23(25)8-15(9-23)30-21(34)18-12-29-33-6-3-13(7-19(18)33)16-10-27-20-17(16)11-28-22(32-20)31-14-1-4-26-5-2-14/h1-7,10-12,15H,8-9H2,(H,30,34)(H2,26,27,28,31,32). The molecule has 0 atom stereocenters. The maximum atomic E-state index is 13.1. The summed E-state index contributed by atoms with van der Waals surface area (Å²) in [6, 6.07) is 6.82. The minimum Gasteiger partial charge on any atom is -0.349 e. The first-order valence-corrected chi connectivity index (χ1v) is 10.6. The van der Waals surface area contributed by atoms with Crippen LogP contribution in [0.25, 0.3) is 27.7 Å². The molecule has 1 aliphatic carbocycles. The van der Waals surface area contributed by atoms with E-state index in [2.05, 4.69) is 35.7 Å². The van der Waals surface area contributed by atoms with Crippen LogP contribution in [0.4, 0.5) is 20.4 Å². The Labute approximate surface area is 191 Å². The Morgan fingerprint density at radius 1 is 1.18 bits per heavy atom. The van der Waals surface area contributed by atoms with Crippen LogP contribution in [0.3, 0.4) is 0 Å². The van der Waals surface area contributed by atoms with Crippen LogP contribution in [0.2, 0.25) is 0 Å². The van der Waals surface area contributed by atoms with Gasteiger partial charge in [0, 0.05) is 66.5 Å². The van der Waals surface area contributed by atoms with Crippen LogP contribution in [0.1, 0.15) is 23.2 Å². The van der Waals surface area contributed by atoms with E-state index < -0.39 is 17.9 Å². The van der Waals surface area contributed by atoms with Gasteiger partial charge in [-0.2, -0.15) is 10.1 Å². The predicted octanol–water partition coefficient (Wildman–Crippen LogP) is 3.94. The number of aromatic nitrogens is 6. The average molecular weight is 460 g/mol. The van der Waals surface area contributed by atoms with Crippen molar-refractivity contribution in [3.05, 3.63) is 67.0 Å². The Kier molecular flexibility index (Phi) is 4.51. The van der Waals surface area contributed by atoms with Crippen molar-refractivity contribution in [2.24, 2.45) is 0 Å². The minimum atomic E-state index is -2.70. The molecule has 0 unspecified atom stereocenters. The lowest BCUT2D eigenvalue weighted by Gasteiger charge is -2.35. The number of hydrogen-bond donors (Lipinski definition) is 3. The van der Waals surface area contributed by atoms with Crippen LogP contribution in [0.15, 0.2) is 61.4 Å². The van der Waals surface area contributed by atoms with Gasteiger partial charge in [-0.1, -0.05) is 0 Å². The number of fused-ring (bicyclic) bond motifs is 2. The van der Waals surface area contributed by atoms with Gasteiger partial charge in [0.1, 0.15) is 5.65 Å². The summed E-state index contributed by atoms with van der Waals surface area (Å²) < 4.78 is 27.8. The van der Waals surface area contributed by atoms with E-state index in [1.165, 1.54) is 6.20 Å². The highest BCUT2D eigenvalue weighted by Crippen LogP contribution is 2.37. The fourth-order valence-electron chi connectivity index (χ4n) is 4.12. The van der Waals surface area contributed by atoms with Crippen LogP contribution in [-0.4, -0.2) is 47.4 Å². The zero-order valence-electron chi connectivity index (χ0n) is 17.7. The topological polar surface area (TPSA) is 113 Å². The van der Waals surface area contributed by atoms with Crippen LogP contribution < -0.4 is 10.6 Å². The van der Waals surface area contributed by atoms with Gasteiger partial charge in [-0.25, -0.2) is 18.3 Å². The van der Waals surface area contributed by atoms with E-state index in [0.717, 1.165) is 22.2 Å². The minimum absolute atomic E-state index is 0.331. The van der Waals surface area contributed by atoms with Crippen LogP contribution in [0.5, 0.6) is 0 Å². The molecule has 5 aromatic heterocycles. The zero-order valence-corrected chi connectivity index (χ0v) is 17.7. The number of H-pyrrole nitrogens is 1. The number of hydrogen-bond acceptors (Lipinski definition) is 6. The average Bonchev–Trinajstić information content (AvgIpc) is 3.42. The smallest absolute Gasteiger partial charge is 0.255 e. The second-order valence-electron chi connectivity index (χ2n) is 8.26. The molecule has 1 saturated carbocycles. The van der Waals surface area contributed by atoms with Crippen molar-refractivity contribution >= 4 is 34.1 Å². The fourth-order valence-corrected chi connectivity index (χ4v) is 4.12. The van der Waals surface area contributed by atoms with E-state index in [0.29, 0.717) is 22.7 Å². The summed E-state index contributed by atoms with van der Waals surface area (Å²) in [5, 5.41) is 10.8. The van der Waals surface area contributed by atoms with Crippen molar-refractivity contribution in [3.8, 4) is 11.1 Å². The largest absolute Gasteiger partial charge is 0.349 e. The lowest BCUT2D eigenvalue weighted by molar-refractivity contribution is -0.0901. The summed E-state index contributed by atoms with van der Waals surface area (Å²) in [6.07, 6.45) is 9.43. The van der Waals surface area contributed by atoms with E-state index >= 15 is 0 Å². The van der Waals surface area contributed by atoms with Crippen molar-refractivity contribution < 1.29 is 13.6 Å². The van der Waals surface area contributed by atoms with Crippen molar-refractivity contribution in [1.29, 1.82) is 0 Å². The third-order valence-corrected chi connectivity index (χ3v) is 5.87. The first-order chi connectivity index (χ1) is 16.4. The van der Waals surface area contributed by atoms with Gasteiger partial charge in [0.05, 0.1) is 17.3 Å². The summed E-state index contributed by atoms with van der Waals surface area (Å²) in [7, 11) is 0. The van der Waals surface area contributed by atoms with Crippen molar-refractivity contribution in [1.82, 2.24) is 34.9 Å². The Morgan fingerprint density at radius 3 is 2.79 bits per heavy atom. The van der Waals surface area contributed by atoms with Gasteiger partial charge in [0.25, 0.3) is 11.8 Å². The molecule has 0 bridgehead atoms. The third-order valence-electron chi connectivity index (χ3n) is 5.87. The Hall–Kier alpha value is -4.41. The molecule has 1 amide bonds. The lowest BCUT2D eigenvalue weighted by Crippen LogP contribution is -2.50. The maximum Gasteiger partial charge on any atom is 0.255 e. The monoisotopic (exact) mass is 460 g/mol. The van der Waals surface area contributed by atoms with E-state index in [9.17, 15) is 13.6 Å². The molecule has 170 valence electrons. The number of nitrogens with zero attached hydrogens (tertiary/aromatic N) is 5. The van der Waals surface area contributed by atoms with E-state index in [1.54, 1.807) is 29.3 Å². The number of alkyl halides is 2. The van der Waals surface area contributed by atoms with Gasteiger partial charge >= 0.3 is 0 Å². The molecule has 0 aromatic carbocycles. The highest BCUT2D eigenvalue weighted by molar-refractivity contribution is 6.02. The number of halogens is 2. The van der Waals surface area contributed by atoms with E-state index in [1.807, 2.05) is 30.5 Å². The summed E-state index contributed by atoms with van der Waals surface area (Å²) in [4.78, 5) is 28.8. The second-order valence-corrected chi connectivity index (χ2v) is 8.26. The number of nitrogens with one attached hydrogen (secondary N) is 3. The number of carbonyl (C=O) groups excluding carboxylic acids is 1. The fraction of sp³-hybridized carbons (Fsp3) is 0.174. The van der Waals surface area contributed by atoms with Gasteiger partial charge in [-0.05, 0) is 29.8 Å². The van der Waals surface area contributed by atoms with Gasteiger partial charge in [-0.3, -0.25) is 9.78 Å². The van der Waals surface area contributed by atoms with Crippen LogP contribution >= 0.6 is 0 Å². The zero-order chi connectivity index (χ0) is 23.3. The number of rotatable bonds is 5. The summed E-state index contributed by atoms with van der Waals surface area (Å²) in [6.45, 7) is 0. The normalized spacial score (nSPS) is 15.4. The summed E-state index contributed by atoms with van der Waals surface area (Å²) >= 11 is 0. The molecular formula is C23H18F2N8O. The molecule has 3 N–H and O–H groups in total. The van der Waals surface area contributed by atoms with E-state index in [-0.39, 0.29) is 12.8 Å². The highest BCUT2D eigenvalue weighted by Gasteiger charge is 2.46. The second kappa shape index (κ2) is 7.58. The van der Waals surface area contributed by atoms with Gasteiger partial charge in [0.15, 0.2) is 0 Å².